The second-order valence-electron chi connectivity index (χ2n) is 8.20. The van der Waals surface area contributed by atoms with Crippen molar-refractivity contribution in [3.8, 4) is 0 Å². The molecule has 0 unspecified atom stereocenters. The highest BCUT2D eigenvalue weighted by Crippen LogP contribution is 2.40. The second-order valence-corrected chi connectivity index (χ2v) is 9.01. The Morgan fingerprint density at radius 1 is 1.22 bits per heavy atom. The van der Waals surface area contributed by atoms with Crippen LogP contribution in [0.15, 0.2) is 30.5 Å². The lowest BCUT2D eigenvalue weighted by molar-refractivity contribution is -0.143. The fourth-order valence-electron chi connectivity index (χ4n) is 4.23. The Hall–Kier alpha value is -2.35. The van der Waals surface area contributed by atoms with E-state index in [0.717, 1.165) is 56.9 Å². The SMILES string of the molecule is Cc1cc(C2CN(c3c(Cl)cccc3Cl)C2)cnc1CN1CCC(C(=O)O)CC1.O=CO. The quantitative estimate of drug-likeness (QED) is 0.617. The average molecular weight is 480 g/mol. The molecule has 4 rings (SSSR count). The van der Waals surface area contributed by atoms with Crippen LogP contribution >= 0.6 is 23.2 Å². The first-order chi connectivity index (χ1) is 15.3. The number of aliphatic carboxylic acids is 1. The molecule has 0 amide bonds. The summed E-state index contributed by atoms with van der Waals surface area (Å²) in [7, 11) is 0. The van der Waals surface area contributed by atoms with Gasteiger partial charge < -0.3 is 15.1 Å². The van der Waals surface area contributed by atoms with Crippen molar-refractivity contribution in [2.45, 2.75) is 32.2 Å². The molecule has 172 valence electrons. The molecule has 2 N–H and O–H groups in total. The number of pyridine rings is 1. The summed E-state index contributed by atoms with van der Waals surface area (Å²) in [5.41, 5.74) is 4.43. The van der Waals surface area contributed by atoms with Gasteiger partial charge >= 0.3 is 5.97 Å². The van der Waals surface area contributed by atoms with Gasteiger partial charge in [0.25, 0.3) is 6.47 Å². The van der Waals surface area contributed by atoms with Gasteiger partial charge in [-0.15, -0.1) is 0 Å². The molecule has 2 aromatic rings. The number of hydrogen-bond donors (Lipinski definition) is 2. The molecule has 2 aliphatic heterocycles. The minimum Gasteiger partial charge on any atom is -0.483 e. The first-order valence-corrected chi connectivity index (χ1v) is 11.3. The molecule has 1 aromatic carbocycles. The molecule has 2 fully saturated rings. The molecule has 9 heteroatoms. The topological polar surface area (TPSA) is 94.0 Å². The molecule has 3 heterocycles. The third-order valence-corrected chi connectivity index (χ3v) is 6.73. The van der Waals surface area contributed by atoms with E-state index >= 15 is 0 Å². The average Bonchev–Trinajstić information content (AvgIpc) is 2.72. The Morgan fingerprint density at radius 2 is 1.81 bits per heavy atom. The Morgan fingerprint density at radius 3 is 2.34 bits per heavy atom. The summed E-state index contributed by atoms with van der Waals surface area (Å²) in [6.07, 6.45) is 3.42. The van der Waals surface area contributed by atoms with Crippen molar-refractivity contribution in [1.29, 1.82) is 0 Å². The van der Waals surface area contributed by atoms with Gasteiger partial charge in [0.1, 0.15) is 0 Å². The summed E-state index contributed by atoms with van der Waals surface area (Å²) in [4.78, 5) is 28.7. The van der Waals surface area contributed by atoms with Crippen molar-refractivity contribution < 1.29 is 19.8 Å². The van der Waals surface area contributed by atoms with E-state index in [9.17, 15) is 4.79 Å². The molecule has 1 aromatic heterocycles. The number of hydrogen-bond acceptors (Lipinski definition) is 5. The maximum atomic E-state index is 11.1. The number of rotatable bonds is 5. The number of carboxylic acids is 1. The van der Waals surface area contributed by atoms with Crippen molar-refractivity contribution in [1.82, 2.24) is 9.88 Å². The van der Waals surface area contributed by atoms with Crippen LogP contribution in [0.4, 0.5) is 5.69 Å². The number of piperidine rings is 1. The lowest BCUT2D eigenvalue weighted by Crippen LogP contribution is -2.45. The third kappa shape index (κ3) is 5.71. The molecular formula is C23H27Cl2N3O4. The normalized spacial score (nSPS) is 17.3. The predicted octanol–water partition coefficient (Wildman–Crippen LogP) is 4.30. The van der Waals surface area contributed by atoms with E-state index in [-0.39, 0.29) is 12.4 Å². The fourth-order valence-corrected chi connectivity index (χ4v) is 4.86. The molecule has 0 radical (unpaired) electrons. The smallest absolute Gasteiger partial charge is 0.306 e. The van der Waals surface area contributed by atoms with Crippen molar-refractivity contribution in [2.75, 3.05) is 31.1 Å². The number of para-hydroxylation sites is 1. The van der Waals surface area contributed by atoms with Gasteiger partial charge in [0, 0.05) is 31.7 Å². The molecule has 0 saturated carbocycles. The molecule has 0 atom stereocenters. The van der Waals surface area contributed by atoms with Crippen LogP contribution in [0.3, 0.4) is 0 Å². The number of anilines is 1. The summed E-state index contributed by atoms with van der Waals surface area (Å²) in [6.45, 7) is 6.03. The van der Waals surface area contributed by atoms with Crippen LogP contribution in [-0.4, -0.2) is 58.7 Å². The molecule has 7 nitrogen and oxygen atoms in total. The lowest BCUT2D eigenvalue weighted by Gasteiger charge is -2.42. The number of carboxylic acid groups (broad SMARTS) is 2. The van der Waals surface area contributed by atoms with E-state index in [1.54, 1.807) is 0 Å². The van der Waals surface area contributed by atoms with E-state index in [2.05, 4.69) is 22.8 Å². The van der Waals surface area contributed by atoms with Crippen LogP contribution in [0.25, 0.3) is 0 Å². The largest absolute Gasteiger partial charge is 0.483 e. The summed E-state index contributed by atoms with van der Waals surface area (Å²) >= 11 is 12.6. The van der Waals surface area contributed by atoms with Crippen LogP contribution in [-0.2, 0) is 16.1 Å². The Labute approximate surface area is 197 Å². The Balaban J connectivity index is 0.000000913. The van der Waals surface area contributed by atoms with Gasteiger partial charge in [0.2, 0.25) is 0 Å². The van der Waals surface area contributed by atoms with E-state index in [1.165, 1.54) is 11.1 Å². The van der Waals surface area contributed by atoms with Crippen LogP contribution in [0.5, 0.6) is 0 Å². The van der Waals surface area contributed by atoms with Crippen molar-refractivity contribution in [3.05, 3.63) is 57.3 Å². The minimum atomic E-state index is -0.670. The van der Waals surface area contributed by atoms with Crippen LogP contribution in [0.2, 0.25) is 10.0 Å². The molecule has 2 aliphatic rings. The maximum absolute atomic E-state index is 11.1. The summed E-state index contributed by atoms with van der Waals surface area (Å²) < 4.78 is 0. The highest BCUT2D eigenvalue weighted by Gasteiger charge is 2.31. The number of aryl methyl sites for hydroxylation is 1. The highest BCUT2D eigenvalue weighted by atomic mass is 35.5. The lowest BCUT2D eigenvalue weighted by atomic mass is 9.91. The standard InChI is InChI=1S/C22H25Cl2N3O2.CH2O2/c1-14-9-16(17-11-27(12-17)21-18(23)3-2-4-19(21)24)10-25-20(14)13-26-7-5-15(6-8-26)22(28)29;2-1-3/h2-4,9-10,15,17H,5-8,11-13H2,1H3,(H,28,29);1H,(H,2,3). The predicted molar refractivity (Wildman–Crippen MR) is 125 cm³/mol. The van der Waals surface area contributed by atoms with Gasteiger partial charge in [-0.25, -0.2) is 0 Å². The van der Waals surface area contributed by atoms with Gasteiger partial charge in [0.05, 0.1) is 27.3 Å². The third-order valence-electron chi connectivity index (χ3n) is 6.12. The number of halogens is 2. The van der Waals surface area contributed by atoms with Gasteiger partial charge in [0.15, 0.2) is 0 Å². The number of benzene rings is 1. The van der Waals surface area contributed by atoms with Gasteiger partial charge in [-0.2, -0.15) is 0 Å². The van der Waals surface area contributed by atoms with Crippen molar-refractivity contribution in [3.63, 3.8) is 0 Å². The van der Waals surface area contributed by atoms with E-state index < -0.39 is 5.97 Å². The van der Waals surface area contributed by atoms with Gasteiger partial charge in [-0.1, -0.05) is 35.3 Å². The van der Waals surface area contributed by atoms with Gasteiger partial charge in [-0.05, 0) is 56.1 Å². The molecule has 0 aliphatic carbocycles. The Bertz CT molecular complexity index is 938. The number of carbonyl (C=O) groups is 2. The van der Waals surface area contributed by atoms with E-state index in [4.69, 9.17) is 43.2 Å². The second kappa shape index (κ2) is 11.0. The van der Waals surface area contributed by atoms with Crippen molar-refractivity contribution in [2.24, 2.45) is 5.92 Å². The number of nitrogens with zero attached hydrogens (tertiary/aromatic N) is 3. The molecule has 32 heavy (non-hydrogen) atoms. The van der Waals surface area contributed by atoms with Crippen LogP contribution in [0, 0.1) is 12.8 Å². The summed E-state index contributed by atoms with van der Waals surface area (Å²) in [6, 6.07) is 7.84. The van der Waals surface area contributed by atoms with Crippen LogP contribution in [0.1, 0.15) is 35.6 Å². The zero-order valence-corrected chi connectivity index (χ0v) is 19.4. The fraction of sp³-hybridized carbons (Fsp3) is 0.435. The van der Waals surface area contributed by atoms with E-state index in [0.29, 0.717) is 16.0 Å². The van der Waals surface area contributed by atoms with E-state index in [1.807, 2.05) is 24.4 Å². The first-order valence-electron chi connectivity index (χ1n) is 10.5. The minimum absolute atomic E-state index is 0.198. The Kier molecular flexibility index (Phi) is 8.34. The van der Waals surface area contributed by atoms with Crippen LogP contribution < -0.4 is 4.90 Å². The maximum Gasteiger partial charge on any atom is 0.306 e. The summed E-state index contributed by atoms with van der Waals surface area (Å²) in [5, 5.41) is 17.4. The molecule has 0 spiro atoms. The molecule has 0 bridgehead atoms. The monoisotopic (exact) mass is 479 g/mol. The zero-order valence-electron chi connectivity index (χ0n) is 17.9. The number of likely N-dealkylation sites (tertiary alicyclic amines) is 1. The number of aromatic nitrogens is 1. The molecule has 2 saturated heterocycles. The van der Waals surface area contributed by atoms with Crippen molar-refractivity contribution >= 4 is 41.3 Å². The summed E-state index contributed by atoms with van der Waals surface area (Å²) in [5.74, 6) is -0.444. The van der Waals surface area contributed by atoms with Gasteiger partial charge in [-0.3, -0.25) is 19.5 Å². The zero-order chi connectivity index (χ0) is 23.3. The molecular weight excluding hydrogens is 453 g/mol. The highest BCUT2D eigenvalue weighted by molar-refractivity contribution is 6.39. The first kappa shape index (κ1) is 24.3.